The molecule has 0 radical (unpaired) electrons. The lowest BCUT2D eigenvalue weighted by Crippen LogP contribution is -2.21. The second-order valence-electron chi connectivity index (χ2n) is 3.31. The molecule has 3 heteroatoms. The second-order valence-corrected chi connectivity index (χ2v) is 3.31. The van der Waals surface area contributed by atoms with Crippen molar-refractivity contribution in [3.63, 3.8) is 0 Å². The van der Waals surface area contributed by atoms with Crippen molar-refractivity contribution in [3.8, 4) is 0 Å². The Kier molecular flexibility index (Phi) is 5.95. The minimum Gasteiger partial charge on any atom is -0.320 e. The van der Waals surface area contributed by atoms with Gasteiger partial charge in [0.25, 0.3) is 0 Å². The summed E-state index contributed by atoms with van der Waals surface area (Å²) in [6.45, 7) is 3.22. The minimum atomic E-state index is 1.05. The molecule has 0 amide bonds. The van der Waals surface area contributed by atoms with Crippen molar-refractivity contribution < 1.29 is 0 Å². The van der Waals surface area contributed by atoms with Crippen LogP contribution in [0.4, 0.5) is 0 Å². The molecule has 3 nitrogen and oxygen atoms in total. The summed E-state index contributed by atoms with van der Waals surface area (Å²) in [6.07, 6.45) is 5.96. The molecular formula is C11H19N3. The number of rotatable bonds is 7. The Morgan fingerprint density at radius 2 is 1.93 bits per heavy atom. The molecule has 0 spiro atoms. The highest BCUT2D eigenvalue weighted by molar-refractivity contribution is 5.09. The Morgan fingerprint density at radius 3 is 2.64 bits per heavy atom. The molecular weight excluding hydrogens is 174 g/mol. The molecule has 2 N–H and O–H groups in total. The summed E-state index contributed by atoms with van der Waals surface area (Å²) < 4.78 is 0. The average molecular weight is 193 g/mol. The fraction of sp³-hybridized carbons (Fsp3) is 0.545. The third-order valence-corrected chi connectivity index (χ3v) is 2.12. The van der Waals surface area contributed by atoms with Crippen LogP contribution >= 0.6 is 0 Å². The van der Waals surface area contributed by atoms with Crippen molar-refractivity contribution in [3.05, 3.63) is 30.1 Å². The molecule has 0 bridgehead atoms. The minimum absolute atomic E-state index is 1.05. The Labute approximate surface area is 85.9 Å². The van der Waals surface area contributed by atoms with Crippen molar-refractivity contribution in [1.29, 1.82) is 0 Å². The molecule has 1 aromatic rings. The fourth-order valence-electron chi connectivity index (χ4n) is 1.30. The van der Waals surface area contributed by atoms with E-state index in [4.69, 9.17) is 0 Å². The summed E-state index contributed by atoms with van der Waals surface area (Å²) >= 11 is 0. The van der Waals surface area contributed by atoms with E-state index in [1.54, 1.807) is 0 Å². The third-order valence-electron chi connectivity index (χ3n) is 2.12. The number of nitrogens with zero attached hydrogens (tertiary/aromatic N) is 1. The van der Waals surface area contributed by atoms with Crippen molar-refractivity contribution in [1.82, 2.24) is 15.6 Å². The summed E-state index contributed by atoms with van der Waals surface area (Å²) in [5, 5.41) is 6.54. The van der Waals surface area contributed by atoms with E-state index < -0.39 is 0 Å². The molecule has 78 valence electrons. The quantitative estimate of drug-likeness (QED) is 0.630. The first kappa shape index (κ1) is 11.1. The van der Waals surface area contributed by atoms with E-state index in [0.29, 0.717) is 0 Å². The van der Waals surface area contributed by atoms with Gasteiger partial charge in [-0.3, -0.25) is 4.98 Å². The van der Waals surface area contributed by atoms with E-state index in [1.165, 1.54) is 12.0 Å². The van der Waals surface area contributed by atoms with E-state index in [2.05, 4.69) is 27.8 Å². The second kappa shape index (κ2) is 7.47. The number of hydrogen-bond donors (Lipinski definition) is 2. The van der Waals surface area contributed by atoms with E-state index in [-0.39, 0.29) is 0 Å². The van der Waals surface area contributed by atoms with Crippen LogP contribution in [0.25, 0.3) is 0 Å². The van der Waals surface area contributed by atoms with Gasteiger partial charge in [0.1, 0.15) is 0 Å². The van der Waals surface area contributed by atoms with Gasteiger partial charge in [-0.2, -0.15) is 0 Å². The van der Waals surface area contributed by atoms with Gasteiger partial charge in [-0.15, -0.1) is 0 Å². The molecule has 1 aromatic heterocycles. The van der Waals surface area contributed by atoms with Gasteiger partial charge < -0.3 is 10.6 Å². The highest BCUT2D eigenvalue weighted by Crippen LogP contribution is 1.95. The molecule has 1 heterocycles. The van der Waals surface area contributed by atoms with Crippen LogP contribution in [0.5, 0.6) is 0 Å². The Balaban J connectivity index is 1.99. The summed E-state index contributed by atoms with van der Waals surface area (Å²) in [6, 6.07) is 4.13. The van der Waals surface area contributed by atoms with E-state index in [0.717, 1.165) is 26.1 Å². The molecule has 0 unspecified atom stereocenters. The highest BCUT2D eigenvalue weighted by Gasteiger charge is 1.91. The van der Waals surface area contributed by atoms with Gasteiger partial charge in [0, 0.05) is 12.4 Å². The summed E-state index contributed by atoms with van der Waals surface area (Å²) in [5.41, 5.74) is 1.35. The SMILES string of the molecule is CNCCCNCCc1ccncc1. The van der Waals surface area contributed by atoms with Crippen LogP contribution < -0.4 is 10.6 Å². The standard InChI is InChI=1S/C11H19N3/c1-12-6-2-7-13-8-3-11-4-9-14-10-5-11/h4-5,9-10,12-13H,2-3,6-8H2,1H3. The highest BCUT2D eigenvalue weighted by atomic mass is 14.9. The number of nitrogens with one attached hydrogen (secondary N) is 2. The lowest BCUT2D eigenvalue weighted by Gasteiger charge is -2.04. The zero-order valence-corrected chi connectivity index (χ0v) is 8.79. The van der Waals surface area contributed by atoms with Crippen LogP contribution in [-0.2, 0) is 6.42 Å². The lowest BCUT2D eigenvalue weighted by atomic mass is 10.2. The number of aromatic nitrogens is 1. The predicted octanol–water partition coefficient (Wildman–Crippen LogP) is 0.823. The van der Waals surface area contributed by atoms with E-state index in [1.807, 2.05) is 19.4 Å². The monoisotopic (exact) mass is 193 g/mol. The van der Waals surface area contributed by atoms with Gasteiger partial charge in [-0.1, -0.05) is 0 Å². The third kappa shape index (κ3) is 4.94. The van der Waals surface area contributed by atoms with Crippen molar-refractivity contribution in [2.45, 2.75) is 12.8 Å². The predicted molar refractivity (Wildman–Crippen MR) is 59.4 cm³/mol. The van der Waals surface area contributed by atoms with Crippen LogP contribution in [0.15, 0.2) is 24.5 Å². The summed E-state index contributed by atoms with van der Waals surface area (Å²) in [5.74, 6) is 0. The Bertz CT molecular complexity index is 223. The van der Waals surface area contributed by atoms with E-state index >= 15 is 0 Å². The lowest BCUT2D eigenvalue weighted by molar-refractivity contribution is 0.625. The van der Waals surface area contributed by atoms with Crippen molar-refractivity contribution >= 4 is 0 Å². The molecule has 1 rings (SSSR count). The van der Waals surface area contributed by atoms with Gasteiger partial charge in [0.2, 0.25) is 0 Å². The normalized spacial score (nSPS) is 10.4. The topological polar surface area (TPSA) is 37.0 Å². The van der Waals surface area contributed by atoms with Gasteiger partial charge in [-0.25, -0.2) is 0 Å². The molecule has 0 aromatic carbocycles. The number of hydrogen-bond acceptors (Lipinski definition) is 3. The number of pyridine rings is 1. The smallest absolute Gasteiger partial charge is 0.0270 e. The zero-order valence-electron chi connectivity index (χ0n) is 8.79. The zero-order chi connectivity index (χ0) is 10.1. The average Bonchev–Trinajstić information content (AvgIpc) is 2.25. The first-order valence-electron chi connectivity index (χ1n) is 5.17. The molecule has 0 atom stereocenters. The van der Waals surface area contributed by atoms with Crippen LogP contribution in [0.1, 0.15) is 12.0 Å². The van der Waals surface area contributed by atoms with Crippen molar-refractivity contribution in [2.75, 3.05) is 26.7 Å². The van der Waals surface area contributed by atoms with Gasteiger partial charge >= 0.3 is 0 Å². The maximum absolute atomic E-state index is 3.99. The Hall–Kier alpha value is -0.930. The van der Waals surface area contributed by atoms with Crippen LogP contribution in [0.2, 0.25) is 0 Å². The van der Waals surface area contributed by atoms with Crippen molar-refractivity contribution in [2.24, 2.45) is 0 Å². The molecule has 0 fully saturated rings. The first-order valence-corrected chi connectivity index (χ1v) is 5.17. The molecule has 0 aliphatic heterocycles. The largest absolute Gasteiger partial charge is 0.320 e. The maximum Gasteiger partial charge on any atom is 0.0270 e. The Morgan fingerprint density at radius 1 is 1.14 bits per heavy atom. The van der Waals surface area contributed by atoms with Gasteiger partial charge in [0.05, 0.1) is 0 Å². The molecule has 0 aliphatic rings. The summed E-state index contributed by atoms with van der Waals surface area (Å²) in [7, 11) is 1.98. The first-order chi connectivity index (χ1) is 6.93. The van der Waals surface area contributed by atoms with Gasteiger partial charge in [0.15, 0.2) is 0 Å². The fourth-order valence-corrected chi connectivity index (χ4v) is 1.30. The van der Waals surface area contributed by atoms with Crippen LogP contribution in [-0.4, -0.2) is 31.7 Å². The van der Waals surface area contributed by atoms with Crippen LogP contribution in [0.3, 0.4) is 0 Å². The summed E-state index contributed by atoms with van der Waals surface area (Å²) in [4.78, 5) is 3.99. The maximum atomic E-state index is 3.99. The van der Waals surface area contributed by atoms with E-state index in [9.17, 15) is 0 Å². The molecule has 14 heavy (non-hydrogen) atoms. The molecule has 0 aliphatic carbocycles. The molecule has 0 saturated heterocycles. The molecule has 0 saturated carbocycles. The van der Waals surface area contributed by atoms with Gasteiger partial charge in [-0.05, 0) is 57.2 Å². The van der Waals surface area contributed by atoms with Crippen LogP contribution in [0, 0.1) is 0 Å².